The molecule has 0 aromatic carbocycles. The predicted octanol–water partition coefficient (Wildman–Crippen LogP) is 4.84. The van der Waals surface area contributed by atoms with E-state index in [2.05, 4.69) is 27.7 Å². The second-order valence-corrected chi connectivity index (χ2v) is 10.5. The molecule has 0 bridgehead atoms. The number of carbonyl (C=O) groups is 1. The van der Waals surface area contributed by atoms with E-state index in [1.807, 2.05) is 0 Å². The van der Waals surface area contributed by atoms with Crippen molar-refractivity contribution in [1.29, 1.82) is 0 Å². The van der Waals surface area contributed by atoms with Crippen LogP contribution >= 0.6 is 0 Å². The van der Waals surface area contributed by atoms with Crippen LogP contribution in [0.1, 0.15) is 79.1 Å². The molecule has 2 nitrogen and oxygen atoms in total. The molecule has 4 aliphatic carbocycles. The minimum absolute atomic E-state index is 0.109. The maximum absolute atomic E-state index is 12.1. The third-order valence-electron chi connectivity index (χ3n) is 9.40. The smallest absolute Gasteiger partial charge is 0.161 e. The molecule has 0 aromatic rings. The Labute approximate surface area is 147 Å². The Hall–Kier alpha value is -0.370. The third-order valence-corrected chi connectivity index (χ3v) is 9.40. The molecule has 4 saturated carbocycles. The summed E-state index contributed by atoms with van der Waals surface area (Å²) in [5.41, 5.74) is 0.745. The average Bonchev–Trinajstić information content (AvgIpc) is 2.86. The van der Waals surface area contributed by atoms with Crippen molar-refractivity contribution in [1.82, 2.24) is 0 Å². The Morgan fingerprint density at radius 3 is 2.42 bits per heavy atom. The van der Waals surface area contributed by atoms with E-state index in [1.165, 1.54) is 38.5 Å². The molecule has 4 rings (SSSR count). The van der Waals surface area contributed by atoms with Crippen molar-refractivity contribution in [2.45, 2.75) is 85.2 Å². The molecule has 0 spiro atoms. The molecule has 0 saturated heterocycles. The van der Waals surface area contributed by atoms with Crippen molar-refractivity contribution in [2.75, 3.05) is 0 Å². The second kappa shape index (κ2) is 5.56. The number of hydrogen-bond donors (Lipinski definition) is 1. The fraction of sp³-hybridized carbons (Fsp3) is 0.955. The van der Waals surface area contributed by atoms with Crippen LogP contribution in [0.15, 0.2) is 0 Å². The van der Waals surface area contributed by atoms with Crippen LogP contribution in [0.25, 0.3) is 0 Å². The van der Waals surface area contributed by atoms with Crippen LogP contribution in [-0.4, -0.2) is 17.0 Å². The van der Waals surface area contributed by atoms with Crippen LogP contribution < -0.4 is 0 Å². The van der Waals surface area contributed by atoms with Crippen molar-refractivity contribution in [3.63, 3.8) is 0 Å². The first-order chi connectivity index (χ1) is 11.3. The Balaban J connectivity index is 1.62. The summed E-state index contributed by atoms with van der Waals surface area (Å²) >= 11 is 0. The summed E-state index contributed by atoms with van der Waals surface area (Å²) in [6.45, 7) is 9.86. The van der Waals surface area contributed by atoms with Gasteiger partial charge in [0.1, 0.15) is 6.10 Å². The maximum Gasteiger partial charge on any atom is 0.161 e. The standard InChI is InChI=1S/C22H36O2/c1-13(2)16-7-8-17-15-6-5-14-11-19(23)20(24)12-22(14,4)18(15)9-10-21(16,17)3/h13-18,20,24H,5-12H2,1-4H3/t14?,15-,16+,17-,18-,20?,21+,22-/m0/s1. The summed E-state index contributed by atoms with van der Waals surface area (Å²) in [7, 11) is 0. The zero-order valence-electron chi connectivity index (χ0n) is 16.1. The molecule has 0 radical (unpaired) electrons. The SMILES string of the molecule is CC(C)[C@H]1CC[C@H]2[C@@H]3CCC4CC(=O)C(O)C[C@]4(C)[C@H]3CC[C@]12C. The molecular formula is C22H36O2. The number of fused-ring (bicyclic) bond motifs is 5. The van der Waals surface area contributed by atoms with E-state index in [1.54, 1.807) is 0 Å². The summed E-state index contributed by atoms with van der Waals surface area (Å²) in [6, 6.07) is 0. The Bertz CT molecular complexity index is 526. The van der Waals surface area contributed by atoms with Crippen LogP contribution in [0, 0.1) is 46.3 Å². The van der Waals surface area contributed by atoms with Gasteiger partial charge in [-0.2, -0.15) is 0 Å². The first-order valence-electron chi connectivity index (χ1n) is 10.5. The van der Waals surface area contributed by atoms with E-state index in [-0.39, 0.29) is 11.2 Å². The van der Waals surface area contributed by atoms with Gasteiger partial charge in [0.25, 0.3) is 0 Å². The van der Waals surface area contributed by atoms with Gasteiger partial charge < -0.3 is 5.11 Å². The average molecular weight is 333 g/mol. The number of hydrogen-bond acceptors (Lipinski definition) is 2. The van der Waals surface area contributed by atoms with E-state index in [9.17, 15) is 9.90 Å². The van der Waals surface area contributed by atoms with Crippen LogP contribution in [-0.2, 0) is 4.79 Å². The van der Waals surface area contributed by atoms with Crippen molar-refractivity contribution < 1.29 is 9.90 Å². The lowest BCUT2D eigenvalue weighted by molar-refractivity contribution is -0.156. The molecule has 1 N–H and O–H groups in total. The lowest BCUT2D eigenvalue weighted by atomic mass is 9.44. The monoisotopic (exact) mass is 332 g/mol. The molecule has 4 aliphatic rings. The van der Waals surface area contributed by atoms with Gasteiger partial charge in [-0.05, 0) is 91.3 Å². The highest BCUT2D eigenvalue weighted by molar-refractivity contribution is 5.84. The topological polar surface area (TPSA) is 37.3 Å². The summed E-state index contributed by atoms with van der Waals surface area (Å²) in [5, 5.41) is 10.3. The number of ketones is 1. The van der Waals surface area contributed by atoms with E-state index in [0.29, 0.717) is 17.8 Å². The Morgan fingerprint density at radius 2 is 1.71 bits per heavy atom. The van der Waals surface area contributed by atoms with Gasteiger partial charge in [0.2, 0.25) is 0 Å². The molecule has 24 heavy (non-hydrogen) atoms. The van der Waals surface area contributed by atoms with Gasteiger partial charge in [-0.1, -0.05) is 27.7 Å². The summed E-state index contributed by atoms with van der Waals surface area (Å²) in [4.78, 5) is 12.1. The van der Waals surface area contributed by atoms with Crippen LogP contribution in [0.2, 0.25) is 0 Å². The Kier molecular flexibility index (Phi) is 3.95. The number of carbonyl (C=O) groups excluding carboxylic acids is 1. The van der Waals surface area contributed by atoms with Crippen LogP contribution in [0.5, 0.6) is 0 Å². The zero-order chi connectivity index (χ0) is 17.3. The summed E-state index contributed by atoms with van der Waals surface area (Å²) < 4.78 is 0. The van der Waals surface area contributed by atoms with Crippen molar-refractivity contribution in [2.24, 2.45) is 46.3 Å². The van der Waals surface area contributed by atoms with Crippen molar-refractivity contribution >= 4 is 5.78 Å². The molecule has 8 atom stereocenters. The van der Waals surface area contributed by atoms with Gasteiger partial charge in [0.05, 0.1) is 0 Å². The van der Waals surface area contributed by atoms with E-state index in [0.717, 1.165) is 36.0 Å². The maximum atomic E-state index is 12.1. The fourth-order valence-electron chi connectivity index (χ4n) is 8.23. The molecule has 4 fully saturated rings. The predicted molar refractivity (Wildman–Crippen MR) is 96.5 cm³/mol. The number of rotatable bonds is 1. The lowest BCUT2D eigenvalue weighted by Gasteiger charge is -2.61. The van der Waals surface area contributed by atoms with Crippen LogP contribution in [0.4, 0.5) is 0 Å². The molecular weight excluding hydrogens is 296 g/mol. The normalized spacial score (nSPS) is 54.3. The second-order valence-electron chi connectivity index (χ2n) is 10.5. The van der Waals surface area contributed by atoms with Gasteiger partial charge in [-0.3, -0.25) is 4.79 Å². The summed E-state index contributed by atoms with van der Waals surface area (Å²) in [5.74, 6) is 4.80. The lowest BCUT2D eigenvalue weighted by Crippen LogP contribution is -2.56. The number of aliphatic hydroxyl groups is 1. The molecule has 2 unspecified atom stereocenters. The third kappa shape index (κ3) is 2.20. The highest BCUT2D eigenvalue weighted by atomic mass is 16.3. The van der Waals surface area contributed by atoms with Crippen LogP contribution in [0.3, 0.4) is 0 Å². The largest absolute Gasteiger partial charge is 0.385 e. The van der Waals surface area contributed by atoms with Crippen molar-refractivity contribution in [3.05, 3.63) is 0 Å². The van der Waals surface area contributed by atoms with E-state index in [4.69, 9.17) is 0 Å². The minimum Gasteiger partial charge on any atom is -0.385 e. The number of aliphatic hydroxyl groups excluding tert-OH is 1. The van der Waals surface area contributed by atoms with E-state index >= 15 is 0 Å². The molecule has 136 valence electrons. The van der Waals surface area contributed by atoms with Gasteiger partial charge in [0, 0.05) is 6.42 Å². The highest BCUT2D eigenvalue weighted by Gasteiger charge is 2.61. The fourth-order valence-corrected chi connectivity index (χ4v) is 8.23. The zero-order valence-corrected chi connectivity index (χ0v) is 16.1. The molecule has 0 aliphatic heterocycles. The van der Waals surface area contributed by atoms with Gasteiger partial charge in [-0.15, -0.1) is 0 Å². The molecule has 0 heterocycles. The first-order valence-corrected chi connectivity index (χ1v) is 10.5. The highest BCUT2D eigenvalue weighted by Crippen LogP contribution is 2.67. The van der Waals surface area contributed by atoms with Gasteiger partial charge in [0.15, 0.2) is 5.78 Å². The van der Waals surface area contributed by atoms with Gasteiger partial charge >= 0.3 is 0 Å². The Morgan fingerprint density at radius 1 is 1.00 bits per heavy atom. The molecule has 2 heteroatoms. The minimum atomic E-state index is -0.690. The summed E-state index contributed by atoms with van der Waals surface area (Å²) in [6.07, 6.45) is 8.76. The first kappa shape index (κ1) is 17.1. The molecule has 0 amide bonds. The quantitative estimate of drug-likeness (QED) is 0.746. The molecule has 0 aromatic heterocycles. The van der Waals surface area contributed by atoms with Gasteiger partial charge in [-0.25, -0.2) is 0 Å². The number of Topliss-reactive ketones (excluding diaryl/α,β-unsaturated/α-hetero) is 1. The van der Waals surface area contributed by atoms with Crippen molar-refractivity contribution in [3.8, 4) is 0 Å². The van der Waals surface area contributed by atoms with E-state index < -0.39 is 6.10 Å².